The number of anilines is 1. The molecule has 2 rings (SSSR count). The molecule has 92 valence electrons. The highest BCUT2D eigenvalue weighted by Crippen LogP contribution is 2.46. The van der Waals surface area contributed by atoms with Gasteiger partial charge in [0, 0.05) is 17.3 Å². The van der Waals surface area contributed by atoms with E-state index < -0.39 is 0 Å². The van der Waals surface area contributed by atoms with Crippen LogP contribution in [-0.2, 0) is 9.53 Å². The minimum Gasteiger partial charge on any atom is -0.469 e. The number of methoxy groups -OCH3 is 1. The maximum absolute atomic E-state index is 11.6. The Labute approximate surface area is 106 Å². The molecule has 0 unspecified atom stereocenters. The summed E-state index contributed by atoms with van der Waals surface area (Å²) in [4.78, 5) is 11.6. The maximum Gasteiger partial charge on any atom is 0.313 e. The molecular weight excluding hydrogens is 238 g/mol. The van der Waals surface area contributed by atoms with Crippen molar-refractivity contribution in [2.45, 2.75) is 19.8 Å². The molecule has 0 spiro atoms. The Morgan fingerprint density at radius 2 is 2.24 bits per heavy atom. The number of ether oxygens (including phenoxy) is 1. The van der Waals surface area contributed by atoms with Crippen molar-refractivity contribution in [3.63, 3.8) is 0 Å². The molecule has 1 aromatic rings. The Bertz CT molecular complexity index is 441. The van der Waals surface area contributed by atoms with Gasteiger partial charge in [0.05, 0.1) is 12.5 Å². The van der Waals surface area contributed by atoms with E-state index in [1.165, 1.54) is 7.11 Å². The van der Waals surface area contributed by atoms with Gasteiger partial charge in [0.2, 0.25) is 0 Å². The summed E-state index contributed by atoms with van der Waals surface area (Å²) >= 11 is 5.89. The lowest BCUT2D eigenvalue weighted by Gasteiger charge is -2.15. The molecule has 0 aromatic heterocycles. The monoisotopic (exact) mass is 253 g/mol. The van der Waals surface area contributed by atoms with E-state index in [4.69, 9.17) is 16.3 Å². The van der Waals surface area contributed by atoms with Crippen LogP contribution in [0.2, 0.25) is 5.02 Å². The molecule has 0 heterocycles. The van der Waals surface area contributed by atoms with Gasteiger partial charge in [-0.3, -0.25) is 4.79 Å². The fraction of sp³-hybridized carbons (Fsp3) is 0.462. The molecule has 1 N–H and O–H groups in total. The van der Waals surface area contributed by atoms with Crippen LogP contribution in [0, 0.1) is 12.3 Å². The second-order valence-electron chi connectivity index (χ2n) is 4.58. The lowest BCUT2D eigenvalue weighted by atomic mass is 10.1. The zero-order valence-electron chi connectivity index (χ0n) is 10.0. The van der Waals surface area contributed by atoms with Gasteiger partial charge >= 0.3 is 5.97 Å². The third kappa shape index (κ3) is 2.55. The molecule has 0 saturated heterocycles. The van der Waals surface area contributed by atoms with Crippen LogP contribution in [0.5, 0.6) is 0 Å². The lowest BCUT2D eigenvalue weighted by molar-refractivity contribution is -0.146. The van der Waals surface area contributed by atoms with Gasteiger partial charge < -0.3 is 10.1 Å². The molecule has 1 saturated carbocycles. The molecule has 4 heteroatoms. The van der Waals surface area contributed by atoms with Crippen molar-refractivity contribution in [1.29, 1.82) is 0 Å². The topological polar surface area (TPSA) is 38.3 Å². The highest BCUT2D eigenvalue weighted by Gasteiger charge is 2.50. The van der Waals surface area contributed by atoms with Gasteiger partial charge in [-0.15, -0.1) is 0 Å². The second kappa shape index (κ2) is 4.57. The van der Waals surface area contributed by atoms with Crippen molar-refractivity contribution < 1.29 is 9.53 Å². The zero-order valence-corrected chi connectivity index (χ0v) is 10.8. The van der Waals surface area contributed by atoms with Crippen LogP contribution in [0.25, 0.3) is 0 Å². The number of rotatable bonds is 4. The first-order valence-electron chi connectivity index (χ1n) is 5.66. The first-order chi connectivity index (χ1) is 8.07. The van der Waals surface area contributed by atoms with Crippen molar-refractivity contribution >= 4 is 23.3 Å². The van der Waals surface area contributed by atoms with E-state index in [-0.39, 0.29) is 11.4 Å². The standard InChI is InChI=1S/C13H16ClNO2/c1-9-7-10(14)3-4-11(9)15-8-13(5-6-13)12(16)17-2/h3-4,7,15H,5-6,8H2,1-2H3. The zero-order chi connectivity index (χ0) is 12.5. The summed E-state index contributed by atoms with van der Waals surface area (Å²) in [5.74, 6) is -0.114. The van der Waals surface area contributed by atoms with E-state index in [0.717, 1.165) is 29.1 Å². The third-order valence-corrected chi connectivity index (χ3v) is 3.51. The van der Waals surface area contributed by atoms with Gasteiger partial charge in [-0.25, -0.2) is 0 Å². The summed E-state index contributed by atoms with van der Waals surface area (Å²) in [7, 11) is 1.44. The molecule has 0 aliphatic heterocycles. The first-order valence-corrected chi connectivity index (χ1v) is 6.04. The Morgan fingerprint density at radius 1 is 1.53 bits per heavy atom. The van der Waals surface area contributed by atoms with Gasteiger partial charge in [-0.2, -0.15) is 0 Å². The fourth-order valence-corrected chi connectivity index (χ4v) is 2.14. The maximum atomic E-state index is 11.6. The van der Waals surface area contributed by atoms with Crippen molar-refractivity contribution in [3.8, 4) is 0 Å². The molecule has 0 amide bonds. The van der Waals surface area contributed by atoms with Crippen molar-refractivity contribution in [1.82, 2.24) is 0 Å². The number of hydrogen-bond acceptors (Lipinski definition) is 3. The van der Waals surface area contributed by atoms with Crippen molar-refractivity contribution in [2.24, 2.45) is 5.41 Å². The Hall–Kier alpha value is -1.22. The van der Waals surface area contributed by atoms with E-state index in [1.54, 1.807) is 0 Å². The van der Waals surface area contributed by atoms with Gasteiger partial charge in [-0.1, -0.05) is 11.6 Å². The molecule has 0 bridgehead atoms. The predicted molar refractivity (Wildman–Crippen MR) is 68.4 cm³/mol. The first kappa shape index (κ1) is 12.2. The van der Waals surface area contributed by atoms with Crippen LogP contribution < -0.4 is 5.32 Å². The van der Waals surface area contributed by atoms with E-state index in [2.05, 4.69) is 5.32 Å². The molecule has 3 nitrogen and oxygen atoms in total. The number of halogens is 1. The molecule has 1 aromatic carbocycles. The molecule has 0 atom stereocenters. The number of benzene rings is 1. The van der Waals surface area contributed by atoms with E-state index >= 15 is 0 Å². The molecule has 1 aliphatic rings. The minimum atomic E-state index is -0.305. The Balaban J connectivity index is 2.01. The second-order valence-corrected chi connectivity index (χ2v) is 5.02. The number of hydrogen-bond donors (Lipinski definition) is 1. The van der Waals surface area contributed by atoms with Crippen molar-refractivity contribution in [2.75, 3.05) is 19.0 Å². The molecule has 0 radical (unpaired) electrons. The number of carbonyl (C=O) groups is 1. The number of carbonyl (C=O) groups excluding carboxylic acids is 1. The van der Waals surface area contributed by atoms with Crippen LogP contribution >= 0.6 is 11.6 Å². The van der Waals surface area contributed by atoms with Crippen LogP contribution in [0.3, 0.4) is 0 Å². The van der Waals surface area contributed by atoms with E-state index in [0.29, 0.717) is 6.54 Å². The summed E-state index contributed by atoms with van der Waals surface area (Å²) in [6.07, 6.45) is 1.80. The number of aryl methyl sites for hydroxylation is 1. The van der Waals surface area contributed by atoms with Crippen LogP contribution in [0.4, 0.5) is 5.69 Å². The van der Waals surface area contributed by atoms with Crippen LogP contribution in [0.15, 0.2) is 18.2 Å². The average molecular weight is 254 g/mol. The Morgan fingerprint density at radius 3 is 2.76 bits per heavy atom. The van der Waals surface area contributed by atoms with Gasteiger partial charge in [-0.05, 0) is 43.5 Å². The molecule has 17 heavy (non-hydrogen) atoms. The summed E-state index contributed by atoms with van der Waals surface area (Å²) in [6.45, 7) is 2.62. The van der Waals surface area contributed by atoms with E-state index in [1.807, 2.05) is 25.1 Å². The van der Waals surface area contributed by atoms with Gasteiger partial charge in [0.1, 0.15) is 0 Å². The van der Waals surface area contributed by atoms with Gasteiger partial charge in [0.15, 0.2) is 0 Å². The normalized spacial score (nSPS) is 16.4. The summed E-state index contributed by atoms with van der Waals surface area (Å²) in [5, 5.41) is 4.02. The summed E-state index contributed by atoms with van der Waals surface area (Å²) in [6, 6.07) is 5.68. The molecule has 1 aliphatic carbocycles. The molecular formula is C13H16ClNO2. The van der Waals surface area contributed by atoms with Crippen LogP contribution in [0.1, 0.15) is 18.4 Å². The molecule has 1 fully saturated rings. The number of esters is 1. The minimum absolute atomic E-state index is 0.114. The SMILES string of the molecule is COC(=O)C1(CNc2ccc(Cl)cc2C)CC1. The number of nitrogens with one attached hydrogen (secondary N) is 1. The van der Waals surface area contributed by atoms with Crippen molar-refractivity contribution in [3.05, 3.63) is 28.8 Å². The summed E-state index contributed by atoms with van der Waals surface area (Å²) < 4.78 is 4.82. The largest absolute Gasteiger partial charge is 0.469 e. The lowest BCUT2D eigenvalue weighted by Crippen LogP contribution is -2.26. The smallest absolute Gasteiger partial charge is 0.313 e. The van der Waals surface area contributed by atoms with Gasteiger partial charge in [0.25, 0.3) is 0 Å². The highest BCUT2D eigenvalue weighted by atomic mass is 35.5. The van der Waals surface area contributed by atoms with E-state index in [9.17, 15) is 4.79 Å². The summed E-state index contributed by atoms with van der Waals surface area (Å²) in [5.41, 5.74) is 1.80. The average Bonchev–Trinajstić information content (AvgIpc) is 3.08. The highest BCUT2D eigenvalue weighted by molar-refractivity contribution is 6.30. The fourth-order valence-electron chi connectivity index (χ4n) is 1.91. The quantitative estimate of drug-likeness (QED) is 0.839. The Kier molecular flexibility index (Phi) is 3.29. The predicted octanol–water partition coefficient (Wildman–Crippen LogP) is 3.01. The third-order valence-electron chi connectivity index (χ3n) is 3.28. The van der Waals surface area contributed by atoms with Crippen LogP contribution in [-0.4, -0.2) is 19.6 Å².